The largest absolute Gasteiger partial charge is 0.445 e. The van der Waals surface area contributed by atoms with Crippen LogP contribution >= 0.6 is 11.3 Å². The lowest BCUT2D eigenvalue weighted by Crippen LogP contribution is -2.34. The molecule has 0 saturated carbocycles. The van der Waals surface area contributed by atoms with Crippen LogP contribution in [0.2, 0.25) is 0 Å². The Morgan fingerprint density at radius 1 is 1.27 bits per heavy atom. The highest BCUT2D eigenvalue weighted by Gasteiger charge is 2.40. The van der Waals surface area contributed by atoms with Crippen LogP contribution < -0.4 is 10.2 Å². The maximum atomic E-state index is 12.6. The number of aromatic nitrogens is 2. The predicted octanol–water partition coefficient (Wildman–Crippen LogP) is 2.27. The molecule has 2 aromatic rings. The van der Waals surface area contributed by atoms with Crippen LogP contribution in [0.4, 0.5) is 18.3 Å². The first-order valence-corrected chi connectivity index (χ1v) is 8.69. The number of carbonyl (C=O) groups excluding carboxylic acids is 2. The zero-order valence-corrected chi connectivity index (χ0v) is 14.3. The number of halogens is 3. The summed E-state index contributed by atoms with van der Waals surface area (Å²) in [6.07, 6.45) is -4.01. The third-order valence-corrected chi connectivity index (χ3v) is 4.93. The van der Waals surface area contributed by atoms with Crippen LogP contribution in [0.5, 0.6) is 0 Å². The van der Waals surface area contributed by atoms with E-state index in [9.17, 15) is 22.8 Å². The average molecular weight is 384 g/mol. The van der Waals surface area contributed by atoms with Gasteiger partial charge in [-0.3, -0.25) is 14.5 Å². The SMILES string of the molecule is O=C(NCCc1ccccc1)C1CC(=O)N(c2nnc(C(F)(F)F)s2)C1. The second kappa shape index (κ2) is 7.40. The van der Waals surface area contributed by atoms with Crippen molar-refractivity contribution in [1.82, 2.24) is 15.5 Å². The number of amides is 2. The minimum atomic E-state index is -4.60. The van der Waals surface area contributed by atoms with Gasteiger partial charge in [0.25, 0.3) is 0 Å². The Morgan fingerprint density at radius 3 is 2.65 bits per heavy atom. The molecule has 0 radical (unpaired) electrons. The van der Waals surface area contributed by atoms with E-state index in [2.05, 4.69) is 15.5 Å². The molecule has 0 spiro atoms. The molecule has 0 aliphatic carbocycles. The zero-order valence-electron chi connectivity index (χ0n) is 13.5. The zero-order chi connectivity index (χ0) is 18.7. The molecular weight excluding hydrogens is 369 g/mol. The molecule has 1 unspecified atom stereocenters. The minimum absolute atomic E-state index is 0.00247. The molecule has 0 bridgehead atoms. The number of rotatable bonds is 5. The average Bonchev–Trinajstić information content (AvgIpc) is 3.22. The second-order valence-corrected chi connectivity index (χ2v) is 6.78. The summed E-state index contributed by atoms with van der Waals surface area (Å²) in [6, 6.07) is 9.60. The van der Waals surface area contributed by atoms with E-state index in [1.54, 1.807) is 0 Å². The lowest BCUT2D eigenvalue weighted by molar-refractivity contribution is -0.138. The molecule has 1 aromatic carbocycles. The smallest absolute Gasteiger partial charge is 0.355 e. The van der Waals surface area contributed by atoms with Gasteiger partial charge in [0.2, 0.25) is 22.0 Å². The van der Waals surface area contributed by atoms with Crippen molar-refractivity contribution in [2.75, 3.05) is 18.0 Å². The van der Waals surface area contributed by atoms with Crippen LogP contribution in [0, 0.1) is 5.92 Å². The monoisotopic (exact) mass is 384 g/mol. The predicted molar refractivity (Wildman–Crippen MR) is 88.5 cm³/mol. The van der Waals surface area contributed by atoms with Crippen LogP contribution in [-0.4, -0.2) is 35.1 Å². The van der Waals surface area contributed by atoms with Gasteiger partial charge in [0.15, 0.2) is 0 Å². The molecule has 26 heavy (non-hydrogen) atoms. The van der Waals surface area contributed by atoms with Crippen molar-refractivity contribution in [2.24, 2.45) is 5.92 Å². The Balaban J connectivity index is 1.55. The van der Waals surface area contributed by atoms with Crippen molar-refractivity contribution in [2.45, 2.75) is 19.0 Å². The molecule has 1 fully saturated rings. The molecule has 2 amide bonds. The van der Waals surface area contributed by atoms with Gasteiger partial charge in [-0.15, -0.1) is 10.2 Å². The number of nitrogens with zero attached hydrogens (tertiary/aromatic N) is 3. The molecule has 1 aliphatic rings. The molecule has 1 aromatic heterocycles. The summed E-state index contributed by atoms with van der Waals surface area (Å²) in [5.74, 6) is -1.34. The quantitative estimate of drug-likeness (QED) is 0.858. The summed E-state index contributed by atoms with van der Waals surface area (Å²) in [5.41, 5.74) is 1.07. The molecule has 10 heteroatoms. The van der Waals surface area contributed by atoms with E-state index in [1.165, 1.54) is 0 Å². The van der Waals surface area contributed by atoms with E-state index < -0.39 is 23.0 Å². The molecular formula is C16H15F3N4O2S. The standard InChI is InChI=1S/C16H15F3N4O2S/c17-16(18,19)14-21-22-15(26-14)23-9-11(8-12(23)24)13(25)20-7-6-10-4-2-1-3-5-10/h1-5,11H,6-9H2,(H,20,25). The van der Waals surface area contributed by atoms with Gasteiger partial charge in [-0.05, 0) is 12.0 Å². The van der Waals surface area contributed by atoms with Crippen molar-refractivity contribution in [3.8, 4) is 0 Å². The Bertz CT molecular complexity index is 794. The Kier molecular flexibility index (Phi) is 5.21. The third kappa shape index (κ3) is 4.18. The fraction of sp³-hybridized carbons (Fsp3) is 0.375. The van der Waals surface area contributed by atoms with Crippen LogP contribution in [0.1, 0.15) is 17.0 Å². The van der Waals surface area contributed by atoms with E-state index >= 15 is 0 Å². The first-order valence-electron chi connectivity index (χ1n) is 7.87. The van der Waals surface area contributed by atoms with Gasteiger partial charge in [-0.25, -0.2) is 0 Å². The van der Waals surface area contributed by atoms with Crippen molar-refractivity contribution in [1.29, 1.82) is 0 Å². The topological polar surface area (TPSA) is 75.2 Å². The van der Waals surface area contributed by atoms with Gasteiger partial charge < -0.3 is 5.32 Å². The molecule has 1 saturated heterocycles. The van der Waals surface area contributed by atoms with Gasteiger partial charge >= 0.3 is 6.18 Å². The van der Waals surface area contributed by atoms with Crippen molar-refractivity contribution < 1.29 is 22.8 Å². The lowest BCUT2D eigenvalue weighted by atomic mass is 10.1. The van der Waals surface area contributed by atoms with Crippen LogP contribution in [0.15, 0.2) is 30.3 Å². The van der Waals surface area contributed by atoms with Gasteiger partial charge in [0, 0.05) is 19.5 Å². The number of carbonyl (C=O) groups is 2. The highest BCUT2D eigenvalue weighted by molar-refractivity contribution is 7.15. The summed E-state index contributed by atoms with van der Waals surface area (Å²) in [5, 5.41) is 8.01. The van der Waals surface area contributed by atoms with E-state index in [-0.39, 0.29) is 24.0 Å². The number of nitrogens with one attached hydrogen (secondary N) is 1. The fourth-order valence-electron chi connectivity index (χ4n) is 2.63. The molecule has 1 atom stereocenters. The first-order chi connectivity index (χ1) is 12.3. The highest BCUT2D eigenvalue weighted by Crippen LogP contribution is 2.36. The first kappa shape index (κ1) is 18.3. The summed E-state index contributed by atoms with van der Waals surface area (Å²) in [6.45, 7) is 0.424. The maximum absolute atomic E-state index is 12.6. The van der Waals surface area contributed by atoms with E-state index in [4.69, 9.17) is 0 Å². The molecule has 138 valence electrons. The molecule has 1 aliphatic heterocycles. The Morgan fingerprint density at radius 2 is 2.00 bits per heavy atom. The van der Waals surface area contributed by atoms with Crippen molar-refractivity contribution >= 4 is 28.3 Å². The van der Waals surface area contributed by atoms with Crippen LogP contribution in [-0.2, 0) is 22.2 Å². The highest BCUT2D eigenvalue weighted by atomic mass is 32.1. The number of benzene rings is 1. The summed E-state index contributed by atoms with van der Waals surface area (Å²) in [7, 11) is 0. The van der Waals surface area contributed by atoms with E-state index in [0.717, 1.165) is 10.5 Å². The van der Waals surface area contributed by atoms with Gasteiger partial charge in [-0.1, -0.05) is 41.7 Å². The van der Waals surface area contributed by atoms with Crippen molar-refractivity contribution in [3.63, 3.8) is 0 Å². The minimum Gasteiger partial charge on any atom is -0.355 e. The molecule has 2 heterocycles. The van der Waals surface area contributed by atoms with Gasteiger partial charge in [0.05, 0.1) is 5.92 Å². The van der Waals surface area contributed by atoms with Crippen LogP contribution in [0.25, 0.3) is 0 Å². The Labute approximate surface area is 151 Å². The summed E-state index contributed by atoms with van der Waals surface area (Å²) >= 11 is 0.296. The molecule has 3 rings (SSSR count). The summed E-state index contributed by atoms with van der Waals surface area (Å²) in [4.78, 5) is 25.4. The summed E-state index contributed by atoms with van der Waals surface area (Å²) < 4.78 is 37.8. The Hall–Kier alpha value is -2.49. The van der Waals surface area contributed by atoms with Crippen molar-refractivity contribution in [3.05, 3.63) is 40.9 Å². The number of alkyl halides is 3. The maximum Gasteiger partial charge on any atom is 0.445 e. The third-order valence-electron chi connectivity index (χ3n) is 3.94. The lowest BCUT2D eigenvalue weighted by Gasteiger charge is -2.12. The number of hydrogen-bond donors (Lipinski definition) is 1. The molecule has 6 nitrogen and oxygen atoms in total. The van der Waals surface area contributed by atoms with Gasteiger partial charge in [0.1, 0.15) is 0 Å². The van der Waals surface area contributed by atoms with E-state index in [1.807, 2.05) is 30.3 Å². The van der Waals surface area contributed by atoms with E-state index in [0.29, 0.717) is 24.3 Å². The fourth-order valence-corrected chi connectivity index (χ4v) is 3.36. The number of anilines is 1. The van der Waals surface area contributed by atoms with Gasteiger partial charge in [-0.2, -0.15) is 13.2 Å². The normalized spacial score (nSPS) is 17.6. The molecule has 1 N–H and O–H groups in total. The number of hydrogen-bond acceptors (Lipinski definition) is 5. The van der Waals surface area contributed by atoms with Crippen LogP contribution in [0.3, 0.4) is 0 Å². The second-order valence-electron chi connectivity index (χ2n) is 5.82.